The highest BCUT2D eigenvalue weighted by molar-refractivity contribution is 5.72. The van der Waals surface area contributed by atoms with Gasteiger partial charge in [0.15, 0.2) is 0 Å². The number of aliphatic hydroxyl groups is 3. The van der Waals surface area contributed by atoms with Crippen molar-refractivity contribution in [3.8, 4) is 22.3 Å². The van der Waals surface area contributed by atoms with E-state index in [-0.39, 0.29) is 31.9 Å². The molecule has 1 fully saturated rings. The Balaban J connectivity index is 0.000000789. The third kappa shape index (κ3) is 14.3. The second-order valence-electron chi connectivity index (χ2n) is 12.4. The van der Waals surface area contributed by atoms with Gasteiger partial charge in [0.25, 0.3) is 6.47 Å². The summed E-state index contributed by atoms with van der Waals surface area (Å²) < 4.78 is 0. The third-order valence-corrected chi connectivity index (χ3v) is 8.82. The van der Waals surface area contributed by atoms with Gasteiger partial charge in [0.1, 0.15) is 6.29 Å². The zero-order valence-corrected chi connectivity index (χ0v) is 28.4. The molecule has 3 aromatic carbocycles. The van der Waals surface area contributed by atoms with Gasteiger partial charge in [-0.3, -0.25) is 9.59 Å². The van der Waals surface area contributed by atoms with E-state index in [9.17, 15) is 15.0 Å². The van der Waals surface area contributed by atoms with E-state index < -0.39 is 0 Å². The Morgan fingerprint density at radius 1 is 0.729 bits per heavy atom. The molecule has 0 bridgehead atoms. The van der Waals surface area contributed by atoms with Crippen molar-refractivity contribution in [1.29, 1.82) is 0 Å². The number of carbonyl (C=O) groups is 2. The van der Waals surface area contributed by atoms with Crippen LogP contribution in [0.25, 0.3) is 22.3 Å². The predicted molar refractivity (Wildman–Crippen MR) is 197 cm³/mol. The molecule has 0 unspecified atom stereocenters. The smallest absolute Gasteiger partial charge is 0.290 e. The van der Waals surface area contributed by atoms with Crippen LogP contribution in [0.5, 0.6) is 0 Å². The molecule has 6 nitrogen and oxygen atoms in total. The Morgan fingerprint density at radius 2 is 1.25 bits per heavy atom. The first-order chi connectivity index (χ1) is 23.3. The molecule has 4 rings (SSSR count). The Hall–Kier alpha value is -4.10. The highest BCUT2D eigenvalue weighted by atomic mass is 16.3. The Morgan fingerprint density at radius 3 is 1.71 bits per heavy atom. The maximum absolute atomic E-state index is 9.48. The van der Waals surface area contributed by atoms with Gasteiger partial charge < -0.3 is 20.4 Å². The van der Waals surface area contributed by atoms with Crippen LogP contribution in [0.1, 0.15) is 80.4 Å². The van der Waals surface area contributed by atoms with Crippen molar-refractivity contribution in [3.63, 3.8) is 0 Å². The Kier molecular flexibility index (Phi) is 19.4. The average Bonchev–Trinajstić information content (AvgIpc) is 3.13. The van der Waals surface area contributed by atoms with Crippen LogP contribution in [0.3, 0.4) is 0 Å². The summed E-state index contributed by atoms with van der Waals surface area (Å²) in [6.07, 6.45) is 14.8. The van der Waals surface area contributed by atoms with E-state index in [0.717, 1.165) is 50.0 Å². The number of hydrogen-bond acceptors (Lipinski definition) is 5. The van der Waals surface area contributed by atoms with Crippen LogP contribution in [0.2, 0.25) is 0 Å². The van der Waals surface area contributed by atoms with Gasteiger partial charge in [-0.25, -0.2) is 0 Å². The molecule has 6 heteroatoms. The number of hydrogen-bond donors (Lipinski definition) is 4. The summed E-state index contributed by atoms with van der Waals surface area (Å²) in [5, 5.41) is 33.5. The molecule has 0 amide bonds. The molecular weight excluding hydrogens is 600 g/mol. The molecule has 3 aromatic rings. The molecule has 0 heterocycles. The summed E-state index contributed by atoms with van der Waals surface area (Å²) in [6.45, 7) is 10.8. The van der Waals surface area contributed by atoms with Gasteiger partial charge in [-0.2, -0.15) is 0 Å². The molecular formula is C42H54O6. The van der Waals surface area contributed by atoms with Crippen LogP contribution in [-0.2, 0) is 22.4 Å². The first-order valence-corrected chi connectivity index (χ1v) is 17.0. The molecule has 1 aliphatic rings. The van der Waals surface area contributed by atoms with Crippen molar-refractivity contribution in [1.82, 2.24) is 0 Å². The lowest BCUT2D eigenvalue weighted by Gasteiger charge is -2.28. The van der Waals surface area contributed by atoms with Crippen LogP contribution in [0.4, 0.5) is 0 Å². The monoisotopic (exact) mass is 654 g/mol. The molecule has 1 aliphatic carbocycles. The highest BCUT2D eigenvalue weighted by Crippen LogP contribution is 2.38. The fourth-order valence-electron chi connectivity index (χ4n) is 6.10. The van der Waals surface area contributed by atoms with Gasteiger partial charge in [-0.15, -0.1) is 6.58 Å². The van der Waals surface area contributed by atoms with Crippen LogP contribution in [0.15, 0.2) is 104 Å². The Labute approximate surface area is 287 Å². The van der Waals surface area contributed by atoms with Gasteiger partial charge in [0.2, 0.25) is 0 Å². The maximum atomic E-state index is 9.48. The van der Waals surface area contributed by atoms with E-state index in [1.165, 1.54) is 71.0 Å². The summed E-state index contributed by atoms with van der Waals surface area (Å²) in [6, 6.07) is 25.0. The number of allylic oxidation sites excluding steroid dienone is 1. The topological polar surface area (TPSA) is 115 Å². The summed E-state index contributed by atoms with van der Waals surface area (Å²) in [5.41, 5.74) is 10.1. The van der Waals surface area contributed by atoms with E-state index in [0.29, 0.717) is 12.2 Å². The van der Waals surface area contributed by atoms with Crippen LogP contribution in [-0.4, -0.2) is 53.0 Å². The van der Waals surface area contributed by atoms with Crippen molar-refractivity contribution in [2.45, 2.75) is 76.5 Å². The molecule has 4 N–H and O–H groups in total. The standard InChI is InChI=1S/C37H46O2.C4H6O2.CH2O2/c1-3-4-8-29-11-13-32(14-12-29)33-15-17-34(18-16-33)35-19-21-36(22-20-35)37-25-30(9-5-7-28(2)27-39)24-31(26-37)10-6-23-38;1-4(2-5)3-6;2-1-3/h3,15-22,24-26,29,32,38-39H,1-2,4-14,23,27H2;2,6H,1,3H2;1H,(H,2,3). The normalized spacial score (nSPS) is 15.1. The molecule has 0 radical (unpaired) electrons. The van der Waals surface area contributed by atoms with E-state index in [1.807, 2.05) is 0 Å². The largest absolute Gasteiger partial charge is 0.483 e. The highest BCUT2D eigenvalue weighted by Gasteiger charge is 2.21. The Bertz CT molecular complexity index is 1400. The van der Waals surface area contributed by atoms with Gasteiger partial charge in [0, 0.05) is 12.2 Å². The van der Waals surface area contributed by atoms with E-state index in [2.05, 4.69) is 92.5 Å². The zero-order chi connectivity index (χ0) is 35.1. The van der Waals surface area contributed by atoms with Gasteiger partial charge >= 0.3 is 0 Å². The lowest BCUT2D eigenvalue weighted by Crippen LogP contribution is -2.13. The summed E-state index contributed by atoms with van der Waals surface area (Å²) in [4.78, 5) is 17.8. The van der Waals surface area contributed by atoms with Crippen molar-refractivity contribution in [2.24, 2.45) is 5.92 Å². The van der Waals surface area contributed by atoms with E-state index in [4.69, 9.17) is 15.0 Å². The SMILES string of the molecule is C=C(C=O)CO.C=CCCC1CCC(c2ccc(-c3ccc(-c4cc(CCCO)cc(CCCC(=C)CO)c4)cc3)cc2)CC1.O=CO. The van der Waals surface area contributed by atoms with Gasteiger partial charge in [-0.05, 0) is 121 Å². The minimum atomic E-state index is -0.250. The second-order valence-corrected chi connectivity index (χ2v) is 12.4. The number of rotatable bonds is 16. The molecule has 0 spiro atoms. The second kappa shape index (κ2) is 23.3. The van der Waals surface area contributed by atoms with Crippen LogP contribution >= 0.6 is 0 Å². The molecule has 0 aromatic heterocycles. The minimum absolute atomic E-state index is 0.0638. The van der Waals surface area contributed by atoms with E-state index in [1.54, 1.807) is 0 Å². The maximum Gasteiger partial charge on any atom is 0.290 e. The fraction of sp³-hybridized carbons (Fsp3) is 0.381. The summed E-state index contributed by atoms with van der Waals surface area (Å²) in [7, 11) is 0. The summed E-state index contributed by atoms with van der Waals surface area (Å²) >= 11 is 0. The van der Waals surface area contributed by atoms with Crippen molar-refractivity contribution in [3.05, 3.63) is 120 Å². The first kappa shape index (κ1) is 40.1. The number of aryl methyl sites for hydroxylation is 2. The molecule has 0 atom stereocenters. The average molecular weight is 655 g/mol. The van der Waals surface area contributed by atoms with Gasteiger partial charge in [-0.1, -0.05) is 91.5 Å². The number of aliphatic hydroxyl groups excluding tert-OH is 3. The van der Waals surface area contributed by atoms with E-state index >= 15 is 0 Å². The zero-order valence-electron chi connectivity index (χ0n) is 28.4. The van der Waals surface area contributed by atoms with Crippen LogP contribution in [0, 0.1) is 5.92 Å². The third-order valence-electron chi connectivity index (χ3n) is 8.82. The quantitative estimate of drug-likeness (QED) is 0.0700. The number of carboxylic acid groups (broad SMARTS) is 1. The van der Waals surface area contributed by atoms with Gasteiger partial charge in [0.05, 0.1) is 13.2 Å². The number of aldehydes is 1. The van der Waals surface area contributed by atoms with Crippen molar-refractivity contribution < 1.29 is 30.0 Å². The molecule has 0 saturated heterocycles. The molecule has 0 aliphatic heterocycles. The molecule has 258 valence electrons. The van der Waals surface area contributed by atoms with Crippen molar-refractivity contribution in [2.75, 3.05) is 19.8 Å². The lowest BCUT2D eigenvalue weighted by molar-refractivity contribution is -0.122. The molecule has 1 saturated carbocycles. The van der Waals surface area contributed by atoms with Crippen molar-refractivity contribution >= 4 is 12.8 Å². The first-order valence-electron chi connectivity index (χ1n) is 17.0. The lowest BCUT2D eigenvalue weighted by atomic mass is 9.77. The molecule has 48 heavy (non-hydrogen) atoms. The predicted octanol–water partition coefficient (Wildman–Crippen LogP) is 8.49. The number of benzene rings is 3. The fourth-order valence-corrected chi connectivity index (χ4v) is 6.10. The van der Waals surface area contributed by atoms with Crippen LogP contribution < -0.4 is 0 Å². The minimum Gasteiger partial charge on any atom is -0.483 e. The number of carbonyl (C=O) groups excluding carboxylic acids is 1. The summed E-state index contributed by atoms with van der Waals surface area (Å²) in [5.74, 6) is 1.59.